The van der Waals surface area contributed by atoms with Crippen LogP contribution in [-0.4, -0.2) is 42.1 Å². The minimum absolute atomic E-state index is 0.121. The van der Waals surface area contributed by atoms with Gasteiger partial charge in [-0.25, -0.2) is 15.0 Å². The zero-order valence-corrected chi connectivity index (χ0v) is 20.0. The van der Waals surface area contributed by atoms with Crippen LogP contribution in [0.15, 0.2) is 35.8 Å². The van der Waals surface area contributed by atoms with E-state index in [-0.39, 0.29) is 5.91 Å². The molecule has 8 nitrogen and oxygen atoms in total. The van der Waals surface area contributed by atoms with Crippen molar-refractivity contribution in [2.75, 3.05) is 6.54 Å². The molecule has 0 radical (unpaired) electrons. The van der Waals surface area contributed by atoms with Crippen molar-refractivity contribution < 1.29 is 4.79 Å². The van der Waals surface area contributed by atoms with Gasteiger partial charge in [-0.3, -0.25) is 14.4 Å². The van der Waals surface area contributed by atoms with E-state index in [0.717, 1.165) is 52.5 Å². The first-order valence-electron chi connectivity index (χ1n) is 11.8. The predicted octanol–water partition coefficient (Wildman–Crippen LogP) is 3.49. The van der Waals surface area contributed by atoms with Gasteiger partial charge in [0.2, 0.25) is 0 Å². The molecule has 0 bridgehead atoms. The fourth-order valence-electron chi connectivity index (χ4n) is 4.63. The average molecular weight is 474 g/mol. The lowest BCUT2D eigenvalue weighted by Gasteiger charge is -2.27. The van der Waals surface area contributed by atoms with E-state index in [2.05, 4.69) is 19.9 Å². The maximum Gasteiger partial charge on any atom is 0.272 e. The molecule has 4 aromatic rings. The molecular weight excluding hydrogens is 446 g/mol. The summed E-state index contributed by atoms with van der Waals surface area (Å²) in [5, 5.41) is 10.6. The van der Waals surface area contributed by atoms with E-state index < -0.39 is 0 Å². The van der Waals surface area contributed by atoms with Gasteiger partial charge in [0.05, 0.1) is 29.0 Å². The van der Waals surface area contributed by atoms with Crippen LogP contribution in [0.25, 0.3) is 11.0 Å². The Hall–Kier alpha value is -3.17. The summed E-state index contributed by atoms with van der Waals surface area (Å²) >= 11 is 1.54. The van der Waals surface area contributed by atoms with Gasteiger partial charge in [0, 0.05) is 55.4 Å². The lowest BCUT2D eigenvalue weighted by molar-refractivity contribution is 0.0942. The van der Waals surface area contributed by atoms with Crippen molar-refractivity contribution in [3.05, 3.63) is 69.2 Å². The highest BCUT2D eigenvalue weighted by atomic mass is 32.1. The number of carbonyl (C=O) groups is 1. The summed E-state index contributed by atoms with van der Waals surface area (Å²) in [4.78, 5) is 29.4. The first-order valence-corrected chi connectivity index (χ1v) is 12.7. The molecule has 3 aromatic heterocycles. The molecule has 1 aliphatic carbocycles. The Morgan fingerprint density at radius 2 is 2.03 bits per heavy atom. The highest BCUT2D eigenvalue weighted by molar-refractivity contribution is 7.09. The molecule has 0 atom stereocenters. The summed E-state index contributed by atoms with van der Waals surface area (Å²) in [6.45, 7) is 5.67. The number of rotatable bonds is 7. The van der Waals surface area contributed by atoms with Crippen molar-refractivity contribution in [1.82, 2.24) is 34.9 Å². The van der Waals surface area contributed by atoms with Crippen LogP contribution in [0.3, 0.4) is 0 Å². The van der Waals surface area contributed by atoms with Crippen LogP contribution in [0, 0.1) is 12.8 Å². The Labute approximate surface area is 202 Å². The second-order valence-electron chi connectivity index (χ2n) is 9.21. The van der Waals surface area contributed by atoms with Crippen LogP contribution in [0.2, 0.25) is 0 Å². The number of carbonyl (C=O) groups excluding carboxylic acids is 1. The van der Waals surface area contributed by atoms with E-state index >= 15 is 0 Å². The Bertz CT molecular complexity index is 1340. The van der Waals surface area contributed by atoms with Gasteiger partial charge in [-0.2, -0.15) is 5.10 Å². The van der Waals surface area contributed by atoms with Crippen LogP contribution in [-0.2, 0) is 32.6 Å². The van der Waals surface area contributed by atoms with Gasteiger partial charge in [0.1, 0.15) is 5.01 Å². The topological polar surface area (TPSA) is 88.8 Å². The van der Waals surface area contributed by atoms with E-state index in [1.54, 1.807) is 17.5 Å². The molecule has 1 fully saturated rings. The maximum atomic E-state index is 13.1. The molecule has 9 heteroatoms. The van der Waals surface area contributed by atoms with Crippen LogP contribution in [0.1, 0.15) is 51.0 Å². The molecule has 0 unspecified atom stereocenters. The highest BCUT2D eigenvalue weighted by Gasteiger charge is 2.31. The largest absolute Gasteiger partial charge is 0.344 e. The molecular formula is C25H27N7OS. The van der Waals surface area contributed by atoms with Gasteiger partial charge < -0.3 is 5.32 Å². The third kappa shape index (κ3) is 4.33. The second kappa shape index (κ2) is 8.88. The predicted molar refractivity (Wildman–Crippen MR) is 130 cm³/mol. The molecule has 34 heavy (non-hydrogen) atoms. The number of aryl methyl sites for hydroxylation is 1. The van der Waals surface area contributed by atoms with Crippen molar-refractivity contribution in [2.45, 2.75) is 52.4 Å². The molecule has 2 aliphatic rings. The molecule has 1 aromatic carbocycles. The van der Waals surface area contributed by atoms with E-state index in [4.69, 9.17) is 15.1 Å². The monoisotopic (exact) mass is 473 g/mol. The van der Waals surface area contributed by atoms with Crippen molar-refractivity contribution in [3.8, 4) is 0 Å². The van der Waals surface area contributed by atoms with E-state index in [0.29, 0.717) is 31.2 Å². The number of amides is 1. The quantitative estimate of drug-likeness (QED) is 0.442. The molecule has 6 rings (SSSR count). The summed E-state index contributed by atoms with van der Waals surface area (Å²) in [6.07, 6.45) is 5.15. The summed E-state index contributed by atoms with van der Waals surface area (Å²) in [7, 11) is 0. The number of aromatic nitrogens is 5. The van der Waals surface area contributed by atoms with Crippen LogP contribution in [0.4, 0.5) is 0 Å². The van der Waals surface area contributed by atoms with Crippen molar-refractivity contribution in [3.63, 3.8) is 0 Å². The molecule has 1 amide bonds. The second-order valence-corrected chi connectivity index (χ2v) is 10.2. The van der Waals surface area contributed by atoms with Crippen LogP contribution >= 0.6 is 11.3 Å². The molecule has 1 N–H and O–H groups in total. The third-order valence-corrected chi connectivity index (χ3v) is 7.44. The first-order chi connectivity index (χ1) is 16.6. The molecule has 0 spiro atoms. The number of hydrogen-bond donors (Lipinski definition) is 1. The summed E-state index contributed by atoms with van der Waals surface area (Å²) in [5.41, 5.74) is 6.60. The molecule has 4 heterocycles. The smallest absolute Gasteiger partial charge is 0.272 e. The van der Waals surface area contributed by atoms with E-state index in [9.17, 15) is 4.79 Å². The van der Waals surface area contributed by atoms with E-state index in [1.807, 2.05) is 36.6 Å². The van der Waals surface area contributed by atoms with Crippen molar-refractivity contribution in [1.29, 1.82) is 0 Å². The Kier molecular flexibility index (Phi) is 5.58. The first kappa shape index (κ1) is 21.4. The normalized spacial score (nSPS) is 16.0. The molecule has 1 saturated carbocycles. The summed E-state index contributed by atoms with van der Waals surface area (Å²) in [5.74, 6) is 0.577. The van der Waals surface area contributed by atoms with Crippen LogP contribution < -0.4 is 5.32 Å². The lowest BCUT2D eigenvalue weighted by atomic mass is 10.0. The summed E-state index contributed by atoms with van der Waals surface area (Å²) < 4.78 is 2.10. The Balaban J connectivity index is 1.25. The highest BCUT2D eigenvalue weighted by Crippen LogP contribution is 2.33. The zero-order chi connectivity index (χ0) is 23.1. The molecule has 1 aliphatic heterocycles. The SMILES string of the molecule is Cc1nc2ccccc2nc1CN1CCc2c(c(C(=O)NCc3nccs3)nn2CC2CC2)C1. The minimum Gasteiger partial charge on any atom is -0.344 e. The maximum absolute atomic E-state index is 13.1. The molecule has 0 saturated heterocycles. The third-order valence-electron chi connectivity index (χ3n) is 6.66. The van der Waals surface area contributed by atoms with Gasteiger partial charge >= 0.3 is 0 Å². The van der Waals surface area contributed by atoms with Gasteiger partial charge in [-0.05, 0) is 37.8 Å². The average Bonchev–Trinajstić information content (AvgIpc) is 3.36. The van der Waals surface area contributed by atoms with Gasteiger partial charge in [-0.1, -0.05) is 12.1 Å². The Morgan fingerprint density at radius 1 is 1.21 bits per heavy atom. The van der Waals surface area contributed by atoms with Crippen molar-refractivity contribution >= 4 is 28.3 Å². The standard InChI is InChI=1S/C25H27N7OS/c1-16-21(29-20-5-3-2-4-19(20)28-16)15-31-10-8-22-18(14-31)24(30-32(22)13-17-6-7-17)25(33)27-12-23-26-9-11-34-23/h2-5,9,11,17H,6-8,10,12-15H2,1H3,(H,27,33). The Morgan fingerprint density at radius 3 is 2.79 bits per heavy atom. The van der Waals surface area contributed by atoms with Crippen molar-refractivity contribution in [2.24, 2.45) is 5.92 Å². The minimum atomic E-state index is -0.121. The number of nitrogens with zero attached hydrogens (tertiary/aromatic N) is 6. The van der Waals surface area contributed by atoms with Crippen LogP contribution in [0.5, 0.6) is 0 Å². The fourth-order valence-corrected chi connectivity index (χ4v) is 5.18. The number of para-hydroxylation sites is 2. The van der Waals surface area contributed by atoms with Gasteiger partial charge in [0.25, 0.3) is 5.91 Å². The van der Waals surface area contributed by atoms with Gasteiger partial charge in [0.15, 0.2) is 5.69 Å². The number of hydrogen-bond acceptors (Lipinski definition) is 7. The number of fused-ring (bicyclic) bond motifs is 2. The van der Waals surface area contributed by atoms with Gasteiger partial charge in [-0.15, -0.1) is 11.3 Å². The molecule has 174 valence electrons. The van der Waals surface area contributed by atoms with E-state index in [1.165, 1.54) is 18.5 Å². The zero-order valence-electron chi connectivity index (χ0n) is 19.2. The number of thiazole rings is 1. The fraction of sp³-hybridized carbons (Fsp3) is 0.400. The number of nitrogens with one attached hydrogen (secondary N) is 1. The number of benzene rings is 1. The summed E-state index contributed by atoms with van der Waals surface area (Å²) in [6, 6.07) is 7.99. The lowest BCUT2D eigenvalue weighted by Crippen LogP contribution is -2.33.